The zero-order valence-corrected chi connectivity index (χ0v) is 24.9. The minimum absolute atomic E-state index is 0.0845. The normalized spacial score (nSPS) is 29.3. The number of aliphatic hydroxyl groups is 1. The van der Waals surface area contributed by atoms with Crippen molar-refractivity contribution >= 4 is 35.2 Å². The van der Waals surface area contributed by atoms with Gasteiger partial charge in [0.2, 0.25) is 17.7 Å². The Hall–Kier alpha value is -3.36. The lowest BCUT2D eigenvalue weighted by molar-refractivity contribution is -0.145. The van der Waals surface area contributed by atoms with Crippen LogP contribution in [0.15, 0.2) is 85.0 Å². The number of rotatable bonds is 9. The number of hydrogen-bond donors (Lipinski definition) is 1. The molecule has 7 nitrogen and oxygen atoms in total. The van der Waals surface area contributed by atoms with E-state index >= 15 is 0 Å². The summed E-state index contributed by atoms with van der Waals surface area (Å²) in [6, 6.07) is 18.0. The molecule has 0 aromatic heterocycles. The van der Waals surface area contributed by atoms with Crippen molar-refractivity contribution in [2.75, 3.05) is 31.1 Å². The molecule has 4 heterocycles. The van der Waals surface area contributed by atoms with Crippen molar-refractivity contribution in [3.8, 4) is 0 Å². The number of carbonyl (C=O) groups is 3. The van der Waals surface area contributed by atoms with E-state index in [-0.39, 0.29) is 29.6 Å². The van der Waals surface area contributed by atoms with E-state index in [1.165, 1.54) is 0 Å². The predicted octanol–water partition coefficient (Wildman–Crippen LogP) is 4.08. The zero-order chi connectivity index (χ0) is 29.3. The fraction of sp³-hybridized carbons (Fsp3) is 0.441. The summed E-state index contributed by atoms with van der Waals surface area (Å²) in [6.07, 6.45) is 11.6. The van der Waals surface area contributed by atoms with Crippen LogP contribution in [0.4, 0.5) is 5.69 Å². The average Bonchev–Trinajstić information content (AvgIpc) is 3.33. The molecule has 4 aliphatic rings. The van der Waals surface area contributed by atoms with Gasteiger partial charge >= 0.3 is 0 Å². The molecule has 6 rings (SSSR count). The van der Waals surface area contributed by atoms with Crippen molar-refractivity contribution in [1.29, 1.82) is 0 Å². The Kier molecular flexibility index (Phi) is 8.28. The monoisotopic (exact) mass is 585 g/mol. The summed E-state index contributed by atoms with van der Waals surface area (Å²) in [7, 11) is 0. The molecule has 1 unspecified atom stereocenters. The van der Waals surface area contributed by atoms with Crippen LogP contribution in [-0.2, 0) is 20.8 Å². The van der Waals surface area contributed by atoms with E-state index in [2.05, 4.69) is 19.1 Å². The highest BCUT2D eigenvalue weighted by Crippen LogP contribution is 2.61. The van der Waals surface area contributed by atoms with Gasteiger partial charge in [0, 0.05) is 30.6 Å². The standard InChI is InChI=1S/C34H39N3O4S/c1-2-3-10-19-35-20-12-18-34-29(28-27(42-34)17-11-21-36(31(28)39)25-15-8-5-9-16-25)32(40)37(30(34)33(35)41)26(23-38)22-24-13-6-4-7-14-24/h4-9,11-18,26-30,38H,2-3,10,19-23H2,1H3/t26-,27-,28+,29+,30?,34+/m1/s1. The molecule has 8 heteroatoms. The predicted molar refractivity (Wildman–Crippen MR) is 166 cm³/mol. The average molecular weight is 586 g/mol. The highest BCUT2D eigenvalue weighted by molar-refractivity contribution is 8.02. The topological polar surface area (TPSA) is 81.2 Å². The number of para-hydroxylation sites is 1. The third-order valence-electron chi connectivity index (χ3n) is 9.20. The number of benzene rings is 2. The van der Waals surface area contributed by atoms with Crippen molar-refractivity contribution in [3.05, 3.63) is 90.5 Å². The highest BCUT2D eigenvalue weighted by Gasteiger charge is 2.71. The van der Waals surface area contributed by atoms with Crippen LogP contribution in [0.1, 0.15) is 31.7 Å². The number of carbonyl (C=O) groups excluding carboxylic acids is 3. The van der Waals surface area contributed by atoms with Crippen molar-refractivity contribution in [2.45, 2.75) is 54.7 Å². The first-order valence-corrected chi connectivity index (χ1v) is 16.0. The van der Waals surface area contributed by atoms with E-state index in [0.717, 1.165) is 30.5 Å². The van der Waals surface area contributed by atoms with Gasteiger partial charge in [-0.2, -0.15) is 0 Å². The van der Waals surface area contributed by atoms with Crippen LogP contribution in [0, 0.1) is 11.8 Å². The number of hydrogen-bond acceptors (Lipinski definition) is 5. The van der Waals surface area contributed by atoms with Crippen molar-refractivity contribution in [1.82, 2.24) is 9.80 Å². The molecule has 4 aliphatic heterocycles. The van der Waals surface area contributed by atoms with E-state index in [1.54, 1.807) is 21.6 Å². The van der Waals surface area contributed by atoms with Crippen LogP contribution in [0.2, 0.25) is 0 Å². The minimum atomic E-state index is -0.896. The molecular weight excluding hydrogens is 546 g/mol. The first kappa shape index (κ1) is 28.7. The van der Waals surface area contributed by atoms with Gasteiger partial charge < -0.3 is 19.8 Å². The minimum Gasteiger partial charge on any atom is -0.394 e. The van der Waals surface area contributed by atoms with E-state index < -0.39 is 28.7 Å². The second kappa shape index (κ2) is 12.1. The molecule has 2 aromatic carbocycles. The maximum atomic E-state index is 14.7. The number of anilines is 1. The van der Waals surface area contributed by atoms with Gasteiger partial charge in [0.05, 0.1) is 29.2 Å². The lowest BCUT2D eigenvalue weighted by Crippen LogP contribution is -2.57. The summed E-state index contributed by atoms with van der Waals surface area (Å²) in [5, 5.41) is 10.5. The molecule has 0 saturated carbocycles. The van der Waals surface area contributed by atoms with Crippen LogP contribution in [0.25, 0.3) is 0 Å². The molecule has 0 aliphatic carbocycles. The third-order valence-corrected chi connectivity index (χ3v) is 10.9. The quantitative estimate of drug-likeness (QED) is 0.355. The number of fused-ring (bicyclic) bond motifs is 2. The zero-order valence-electron chi connectivity index (χ0n) is 24.0. The van der Waals surface area contributed by atoms with Gasteiger partial charge in [0.25, 0.3) is 0 Å². The molecule has 2 fully saturated rings. The number of amides is 3. The van der Waals surface area contributed by atoms with Gasteiger partial charge in [-0.3, -0.25) is 14.4 Å². The number of likely N-dealkylation sites (tertiary alicyclic amines) is 1. The number of unbranched alkanes of at least 4 members (excludes halogenated alkanes) is 2. The van der Waals surface area contributed by atoms with E-state index in [0.29, 0.717) is 26.1 Å². The first-order valence-electron chi connectivity index (χ1n) is 15.1. The van der Waals surface area contributed by atoms with Gasteiger partial charge in [-0.15, -0.1) is 11.8 Å². The molecule has 220 valence electrons. The smallest absolute Gasteiger partial charge is 0.247 e. The van der Waals surface area contributed by atoms with Gasteiger partial charge in [-0.05, 0) is 30.5 Å². The maximum absolute atomic E-state index is 14.7. The Morgan fingerprint density at radius 3 is 2.38 bits per heavy atom. The first-order chi connectivity index (χ1) is 20.5. The molecule has 42 heavy (non-hydrogen) atoms. The molecule has 1 N–H and O–H groups in total. The molecule has 0 radical (unpaired) electrons. The lowest BCUT2D eigenvalue weighted by Gasteiger charge is -2.38. The third kappa shape index (κ3) is 4.88. The molecule has 3 amide bonds. The summed E-state index contributed by atoms with van der Waals surface area (Å²) in [5.74, 6) is -1.71. The van der Waals surface area contributed by atoms with Crippen molar-refractivity contribution < 1.29 is 19.5 Å². The largest absolute Gasteiger partial charge is 0.394 e. The lowest BCUT2D eigenvalue weighted by atomic mass is 9.78. The van der Waals surface area contributed by atoms with Gasteiger partial charge in [-0.1, -0.05) is 92.6 Å². The molecule has 2 saturated heterocycles. The van der Waals surface area contributed by atoms with Gasteiger partial charge in [-0.25, -0.2) is 0 Å². The van der Waals surface area contributed by atoms with Crippen LogP contribution < -0.4 is 4.90 Å². The van der Waals surface area contributed by atoms with E-state index in [1.807, 2.05) is 77.7 Å². The fourth-order valence-electron chi connectivity index (χ4n) is 7.25. The van der Waals surface area contributed by atoms with Crippen molar-refractivity contribution in [2.24, 2.45) is 11.8 Å². The molecule has 1 spiro atoms. The van der Waals surface area contributed by atoms with Crippen molar-refractivity contribution in [3.63, 3.8) is 0 Å². The second-order valence-electron chi connectivity index (χ2n) is 11.7. The Labute approximate surface area is 252 Å². The summed E-state index contributed by atoms with van der Waals surface area (Å²) >= 11 is 1.59. The fourth-order valence-corrected chi connectivity index (χ4v) is 9.24. The Morgan fingerprint density at radius 1 is 0.929 bits per heavy atom. The Morgan fingerprint density at radius 2 is 1.67 bits per heavy atom. The van der Waals surface area contributed by atoms with Crippen LogP contribution in [0.5, 0.6) is 0 Å². The molecule has 6 atom stereocenters. The molecular formula is C34H39N3O4S. The summed E-state index contributed by atoms with van der Waals surface area (Å²) in [4.78, 5) is 48.9. The van der Waals surface area contributed by atoms with Gasteiger partial charge in [0.1, 0.15) is 6.04 Å². The van der Waals surface area contributed by atoms with E-state index in [4.69, 9.17) is 0 Å². The SMILES string of the molecule is CCCCCN1CC=C[C@]23S[C@@H]4C=CCN(c5ccccc5)C(=O)[C@@H]4[C@H]2C(=O)N([C@@H](CO)Cc2ccccc2)C3C1=O. The Bertz CT molecular complexity index is 1370. The van der Waals surface area contributed by atoms with Crippen LogP contribution >= 0.6 is 11.8 Å². The molecule has 0 bridgehead atoms. The highest BCUT2D eigenvalue weighted by atomic mass is 32.2. The molecule has 2 aromatic rings. The number of thioether (sulfide) groups is 1. The summed E-state index contributed by atoms with van der Waals surface area (Å²) in [5.41, 5.74) is 1.78. The van der Waals surface area contributed by atoms with Gasteiger partial charge in [0.15, 0.2) is 0 Å². The van der Waals surface area contributed by atoms with E-state index in [9.17, 15) is 19.5 Å². The summed E-state index contributed by atoms with van der Waals surface area (Å²) < 4.78 is -0.896. The number of aliphatic hydroxyl groups excluding tert-OH is 1. The summed E-state index contributed by atoms with van der Waals surface area (Å²) in [6.45, 7) is 3.41. The Balaban J connectivity index is 1.42. The second-order valence-corrected chi connectivity index (χ2v) is 13.2. The van der Waals surface area contributed by atoms with Crippen LogP contribution in [-0.4, -0.2) is 80.9 Å². The van der Waals surface area contributed by atoms with Crippen LogP contribution in [0.3, 0.4) is 0 Å². The maximum Gasteiger partial charge on any atom is 0.247 e. The number of nitrogens with zero attached hydrogens (tertiary/aromatic N) is 3.